The van der Waals surface area contributed by atoms with E-state index < -0.39 is 10.0 Å². The molecule has 0 bridgehead atoms. The van der Waals surface area contributed by atoms with Crippen molar-refractivity contribution in [3.05, 3.63) is 59.6 Å². The molecule has 0 fully saturated rings. The van der Waals surface area contributed by atoms with E-state index in [1.165, 1.54) is 22.6 Å². The summed E-state index contributed by atoms with van der Waals surface area (Å²) in [6.07, 6.45) is 6.61. The normalized spacial score (nSPS) is 13.3. The average Bonchev–Trinajstić information content (AvgIpc) is 2.50. The number of hydrogen-bond donors (Lipinski definition) is 0. The van der Waals surface area contributed by atoms with Crippen molar-refractivity contribution in [3.8, 4) is 0 Å². The summed E-state index contributed by atoms with van der Waals surface area (Å²) >= 11 is 5.74. The molecule has 1 aromatic rings. The van der Waals surface area contributed by atoms with E-state index in [4.69, 9.17) is 11.6 Å². The summed E-state index contributed by atoms with van der Waals surface area (Å²) in [5.41, 5.74) is 1.59. The highest BCUT2D eigenvalue weighted by molar-refractivity contribution is 7.89. The van der Waals surface area contributed by atoms with Crippen LogP contribution in [-0.4, -0.2) is 24.3 Å². The highest BCUT2D eigenvalue weighted by Crippen LogP contribution is 2.22. The van der Waals surface area contributed by atoms with E-state index in [0.717, 1.165) is 5.57 Å². The first-order valence-electron chi connectivity index (χ1n) is 7.30. The molecule has 0 spiro atoms. The zero-order valence-corrected chi connectivity index (χ0v) is 15.5. The first-order valence-corrected chi connectivity index (χ1v) is 9.12. The van der Waals surface area contributed by atoms with Crippen LogP contribution in [0, 0.1) is 5.92 Å². The lowest BCUT2D eigenvalue weighted by Crippen LogP contribution is -2.32. The van der Waals surface area contributed by atoms with Crippen molar-refractivity contribution < 1.29 is 8.42 Å². The lowest BCUT2D eigenvalue weighted by atomic mass is 10.2. The molecule has 1 rings (SSSR count). The number of sulfonamides is 1. The maximum atomic E-state index is 12.9. The zero-order valence-electron chi connectivity index (χ0n) is 14.0. The van der Waals surface area contributed by atoms with Crippen LogP contribution in [0.15, 0.2) is 59.3 Å². The van der Waals surface area contributed by atoms with Gasteiger partial charge in [-0.2, -0.15) is 0 Å². The molecule has 0 aliphatic rings. The molecule has 0 saturated carbocycles. The van der Waals surface area contributed by atoms with Crippen molar-refractivity contribution >= 4 is 21.6 Å². The Hall–Kier alpha value is -1.59. The maximum absolute atomic E-state index is 12.9. The van der Waals surface area contributed by atoms with Gasteiger partial charge in [0.2, 0.25) is 0 Å². The van der Waals surface area contributed by atoms with E-state index in [0.29, 0.717) is 12.2 Å². The third kappa shape index (κ3) is 5.52. The van der Waals surface area contributed by atoms with Gasteiger partial charge in [-0.15, -0.1) is 0 Å². The Balaban J connectivity index is 3.29. The first kappa shape index (κ1) is 19.5. The number of rotatable bonds is 7. The van der Waals surface area contributed by atoms with Crippen molar-refractivity contribution in [2.75, 3.05) is 6.54 Å². The van der Waals surface area contributed by atoms with Crippen LogP contribution >= 0.6 is 11.6 Å². The lowest BCUT2D eigenvalue weighted by molar-refractivity contribution is 0.423. The quantitative estimate of drug-likeness (QED) is 0.538. The van der Waals surface area contributed by atoms with E-state index in [-0.39, 0.29) is 16.0 Å². The van der Waals surface area contributed by atoms with Crippen LogP contribution in [0.4, 0.5) is 0 Å². The minimum atomic E-state index is -3.68. The van der Waals surface area contributed by atoms with Gasteiger partial charge < -0.3 is 0 Å². The summed E-state index contributed by atoms with van der Waals surface area (Å²) in [6.45, 7) is 11.7. The van der Waals surface area contributed by atoms with E-state index in [1.54, 1.807) is 19.1 Å². The predicted molar refractivity (Wildman–Crippen MR) is 95.7 cm³/mol. The van der Waals surface area contributed by atoms with Gasteiger partial charge in [0.25, 0.3) is 10.0 Å². The SMILES string of the molecule is C=CC(C)=CC=C(C)N(CC(C)C)S(=O)(=O)c1ccc(Cl)nc1. The number of hydrogen-bond acceptors (Lipinski definition) is 3. The number of allylic oxidation sites excluding steroid dienone is 5. The molecule has 4 nitrogen and oxygen atoms in total. The molecule has 0 atom stereocenters. The first-order chi connectivity index (χ1) is 10.7. The average molecular weight is 355 g/mol. The monoisotopic (exact) mass is 354 g/mol. The van der Waals surface area contributed by atoms with Crippen molar-refractivity contribution in [3.63, 3.8) is 0 Å². The van der Waals surface area contributed by atoms with Crippen molar-refractivity contribution in [2.24, 2.45) is 5.92 Å². The number of pyridine rings is 1. The Labute approximate surface area is 144 Å². The van der Waals surface area contributed by atoms with Gasteiger partial charge in [-0.05, 0) is 38.0 Å². The molecule has 0 aliphatic carbocycles. The molecule has 1 aromatic heterocycles. The molecule has 0 saturated heterocycles. The summed E-state index contributed by atoms with van der Waals surface area (Å²) in [6, 6.07) is 2.94. The molecule has 0 N–H and O–H groups in total. The van der Waals surface area contributed by atoms with Crippen molar-refractivity contribution in [1.82, 2.24) is 9.29 Å². The lowest BCUT2D eigenvalue weighted by Gasteiger charge is -2.26. The Bertz CT molecular complexity index is 705. The fourth-order valence-corrected chi connectivity index (χ4v) is 3.54. The van der Waals surface area contributed by atoms with E-state index in [2.05, 4.69) is 11.6 Å². The number of aromatic nitrogens is 1. The molecule has 0 aliphatic heterocycles. The number of halogens is 1. The zero-order chi connectivity index (χ0) is 17.6. The van der Waals surface area contributed by atoms with Crippen LogP contribution < -0.4 is 0 Å². The highest BCUT2D eigenvalue weighted by atomic mass is 35.5. The fourth-order valence-electron chi connectivity index (χ4n) is 1.81. The molecular weight excluding hydrogens is 332 g/mol. The maximum Gasteiger partial charge on any atom is 0.265 e. The van der Waals surface area contributed by atoms with Crippen LogP contribution in [0.25, 0.3) is 0 Å². The standard InChI is InChI=1S/C17H23ClN2O2S/c1-6-14(4)7-8-15(5)20(12-13(2)3)23(21,22)16-9-10-17(18)19-11-16/h6-11,13H,1,12H2,2-5H3. The second-order valence-electron chi connectivity index (χ2n) is 5.67. The van der Waals surface area contributed by atoms with Gasteiger partial charge in [-0.3, -0.25) is 4.31 Å². The topological polar surface area (TPSA) is 50.3 Å². The molecule has 0 amide bonds. The summed E-state index contributed by atoms with van der Waals surface area (Å²) < 4.78 is 27.2. The van der Waals surface area contributed by atoms with Gasteiger partial charge in [0.1, 0.15) is 10.0 Å². The minimum Gasteiger partial charge on any atom is -0.270 e. The summed E-state index contributed by atoms with van der Waals surface area (Å²) in [7, 11) is -3.68. The molecule has 0 unspecified atom stereocenters. The molecule has 23 heavy (non-hydrogen) atoms. The molecule has 1 heterocycles. The van der Waals surface area contributed by atoms with Gasteiger partial charge in [-0.25, -0.2) is 13.4 Å². The third-order valence-corrected chi connectivity index (χ3v) is 5.20. The Kier molecular flexibility index (Phi) is 7.03. The Morgan fingerprint density at radius 3 is 2.48 bits per heavy atom. The second-order valence-corrected chi connectivity index (χ2v) is 7.92. The summed E-state index contributed by atoms with van der Waals surface area (Å²) in [5.74, 6) is 0.179. The summed E-state index contributed by atoms with van der Waals surface area (Å²) in [4.78, 5) is 3.99. The van der Waals surface area contributed by atoms with Crippen LogP contribution in [0.1, 0.15) is 27.7 Å². The fraction of sp³-hybridized carbons (Fsp3) is 0.353. The molecular formula is C17H23ClN2O2S. The van der Waals surface area contributed by atoms with E-state index >= 15 is 0 Å². The highest BCUT2D eigenvalue weighted by Gasteiger charge is 2.25. The van der Waals surface area contributed by atoms with Crippen LogP contribution in [-0.2, 0) is 10.0 Å². The van der Waals surface area contributed by atoms with Crippen LogP contribution in [0.5, 0.6) is 0 Å². The summed E-state index contributed by atoms with van der Waals surface area (Å²) in [5, 5.41) is 0.260. The number of nitrogens with zero attached hydrogens (tertiary/aromatic N) is 2. The van der Waals surface area contributed by atoms with Crippen LogP contribution in [0.3, 0.4) is 0 Å². The molecule has 0 radical (unpaired) electrons. The Morgan fingerprint density at radius 1 is 1.35 bits per heavy atom. The van der Waals surface area contributed by atoms with E-state index in [1.807, 2.05) is 26.8 Å². The van der Waals surface area contributed by atoms with Crippen LogP contribution in [0.2, 0.25) is 5.15 Å². The third-order valence-electron chi connectivity index (χ3n) is 3.12. The Morgan fingerprint density at radius 2 is 2.00 bits per heavy atom. The minimum absolute atomic E-state index is 0.125. The molecule has 6 heteroatoms. The predicted octanol–water partition coefficient (Wildman–Crippen LogP) is 4.42. The van der Waals surface area contributed by atoms with Gasteiger partial charge >= 0.3 is 0 Å². The largest absolute Gasteiger partial charge is 0.270 e. The van der Waals surface area contributed by atoms with E-state index in [9.17, 15) is 8.42 Å². The second kappa shape index (κ2) is 8.31. The smallest absolute Gasteiger partial charge is 0.265 e. The van der Waals surface area contributed by atoms with Crippen molar-refractivity contribution in [2.45, 2.75) is 32.6 Å². The van der Waals surface area contributed by atoms with Crippen molar-refractivity contribution in [1.29, 1.82) is 0 Å². The molecule has 126 valence electrons. The van der Waals surface area contributed by atoms with Gasteiger partial charge in [0.15, 0.2) is 0 Å². The van der Waals surface area contributed by atoms with Gasteiger partial charge in [0, 0.05) is 18.4 Å². The van der Waals surface area contributed by atoms with Gasteiger partial charge in [-0.1, -0.05) is 49.8 Å². The van der Waals surface area contributed by atoms with Gasteiger partial charge in [0.05, 0.1) is 0 Å². The molecule has 0 aromatic carbocycles.